The minimum atomic E-state index is -0.241. The Kier molecular flexibility index (Phi) is 4.77. The van der Waals surface area contributed by atoms with Crippen LogP contribution in [0.25, 0.3) is 10.9 Å². The van der Waals surface area contributed by atoms with Gasteiger partial charge in [-0.05, 0) is 24.3 Å². The molecule has 7 heteroatoms. The number of nitrogens with one attached hydrogen (secondary N) is 1. The molecule has 6 nitrogen and oxygen atoms in total. The predicted octanol–water partition coefficient (Wildman–Crippen LogP) is 3.97. The number of aliphatic imine (C=N–C) groups is 1. The van der Waals surface area contributed by atoms with Gasteiger partial charge in [-0.2, -0.15) is 0 Å². The van der Waals surface area contributed by atoms with Gasteiger partial charge in [0.15, 0.2) is 0 Å². The van der Waals surface area contributed by atoms with Crippen molar-refractivity contribution < 1.29 is 14.3 Å². The van der Waals surface area contributed by atoms with E-state index in [2.05, 4.69) is 9.98 Å². The van der Waals surface area contributed by atoms with Gasteiger partial charge in [0.2, 0.25) is 0 Å². The quantitative estimate of drug-likeness (QED) is 0.516. The zero-order valence-corrected chi connectivity index (χ0v) is 15.6. The number of benzene rings is 2. The molecule has 27 heavy (non-hydrogen) atoms. The van der Waals surface area contributed by atoms with Crippen LogP contribution >= 0.6 is 11.8 Å². The lowest BCUT2D eigenvalue weighted by Crippen LogP contribution is -2.12. The molecular formula is C20H19N3O3S. The molecule has 1 aliphatic heterocycles. The van der Waals surface area contributed by atoms with Gasteiger partial charge in [-0.1, -0.05) is 18.2 Å². The number of fused-ring (bicyclic) bond motifs is 1. The maximum atomic E-state index is 11.4. The summed E-state index contributed by atoms with van der Waals surface area (Å²) in [7, 11) is 1.39. The van der Waals surface area contributed by atoms with Gasteiger partial charge in [-0.15, -0.1) is 11.8 Å². The van der Waals surface area contributed by atoms with E-state index in [1.807, 2.05) is 42.5 Å². The van der Waals surface area contributed by atoms with Crippen LogP contribution in [0.15, 0.2) is 53.5 Å². The van der Waals surface area contributed by atoms with E-state index in [4.69, 9.17) is 15.2 Å². The highest BCUT2D eigenvalue weighted by molar-refractivity contribution is 8.14. The molecule has 3 aromatic rings. The molecule has 0 saturated carbocycles. The van der Waals surface area contributed by atoms with Crippen molar-refractivity contribution in [2.45, 2.75) is 12.5 Å². The van der Waals surface area contributed by atoms with E-state index in [-0.39, 0.29) is 12.0 Å². The van der Waals surface area contributed by atoms with Crippen molar-refractivity contribution in [1.29, 1.82) is 0 Å². The minimum Gasteiger partial charge on any atom is -0.469 e. The number of aromatic nitrogens is 1. The highest BCUT2D eigenvalue weighted by Gasteiger charge is 2.23. The molecule has 0 spiro atoms. The maximum absolute atomic E-state index is 11.4. The summed E-state index contributed by atoms with van der Waals surface area (Å²) in [6.45, 7) is 0. The van der Waals surface area contributed by atoms with E-state index >= 15 is 0 Å². The first-order valence-corrected chi connectivity index (χ1v) is 9.54. The van der Waals surface area contributed by atoms with Crippen LogP contribution in [0.3, 0.4) is 0 Å². The summed E-state index contributed by atoms with van der Waals surface area (Å²) >= 11 is 1.62. The zero-order valence-electron chi connectivity index (χ0n) is 14.8. The predicted molar refractivity (Wildman–Crippen MR) is 109 cm³/mol. The van der Waals surface area contributed by atoms with Gasteiger partial charge in [-0.3, -0.25) is 9.79 Å². The smallest absolute Gasteiger partial charge is 0.307 e. The lowest BCUT2D eigenvalue weighted by Gasteiger charge is -2.07. The third-order valence-electron chi connectivity index (χ3n) is 4.28. The van der Waals surface area contributed by atoms with Crippen LogP contribution in [0.1, 0.15) is 12.1 Å². The van der Waals surface area contributed by atoms with Crippen molar-refractivity contribution in [3.05, 3.63) is 54.2 Å². The monoisotopic (exact) mass is 381 g/mol. The first-order valence-electron chi connectivity index (χ1n) is 8.55. The standard InChI is InChI=1S/C20H19N3O3S/c1-25-18(24)9-13-11-27-20(22-13)17-8-12-7-15(10-16(21)19(12)23-17)26-14-5-3-2-4-6-14/h2-8,10,13,23H,9,11,21H2,1H3. The highest BCUT2D eigenvalue weighted by atomic mass is 32.2. The number of esters is 1. The number of ether oxygens (including phenoxy) is 2. The molecule has 0 saturated heterocycles. The number of nitrogen functional groups attached to an aromatic ring is 1. The first-order chi connectivity index (χ1) is 13.1. The number of aromatic amines is 1. The number of H-pyrrole nitrogens is 1. The van der Waals surface area contributed by atoms with Crippen molar-refractivity contribution in [2.24, 2.45) is 4.99 Å². The number of nitrogens with two attached hydrogens (primary N) is 1. The second-order valence-corrected chi connectivity index (χ2v) is 7.26. The molecule has 138 valence electrons. The number of rotatable bonds is 5. The highest BCUT2D eigenvalue weighted by Crippen LogP contribution is 2.33. The second kappa shape index (κ2) is 7.36. The van der Waals surface area contributed by atoms with E-state index < -0.39 is 0 Å². The number of carbonyl (C=O) groups excluding carboxylic acids is 1. The Morgan fingerprint density at radius 2 is 2.07 bits per heavy atom. The van der Waals surface area contributed by atoms with Gasteiger partial charge < -0.3 is 20.2 Å². The molecule has 0 aliphatic carbocycles. The van der Waals surface area contributed by atoms with Crippen LogP contribution in [0.2, 0.25) is 0 Å². The number of anilines is 1. The fourth-order valence-electron chi connectivity index (χ4n) is 2.99. The molecule has 0 bridgehead atoms. The summed E-state index contributed by atoms with van der Waals surface area (Å²) in [5.41, 5.74) is 8.57. The summed E-state index contributed by atoms with van der Waals surface area (Å²) in [5.74, 6) is 1.96. The van der Waals surface area contributed by atoms with Crippen molar-refractivity contribution in [2.75, 3.05) is 18.6 Å². The first kappa shape index (κ1) is 17.5. The summed E-state index contributed by atoms with van der Waals surface area (Å²) in [4.78, 5) is 19.4. The van der Waals surface area contributed by atoms with Gasteiger partial charge in [0, 0.05) is 17.2 Å². The molecule has 2 aromatic carbocycles. The number of para-hydroxylation sites is 1. The molecule has 1 unspecified atom stereocenters. The Bertz CT molecular complexity index is 1010. The number of hydrogen-bond donors (Lipinski definition) is 2. The molecule has 0 fully saturated rings. The lowest BCUT2D eigenvalue weighted by molar-refractivity contribution is -0.140. The van der Waals surface area contributed by atoms with Crippen molar-refractivity contribution >= 4 is 39.4 Å². The lowest BCUT2D eigenvalue weighted by atomic mass is 10.2. The van der Waals surface area contributed by atoms with E-state index in [1.165, 1.54) is 7.11 Å². The summed E-state index contributed by atoms with van der Waals surface area (Å²) in [6, 6.07) is 15.3. The Hall–Kier alpha value is -2.93. The molecule has 0 radical (unpaired) electrons. The SMILES string of the molecule is COC(=O)CC1CSC(c2cc3cc(Oc4ccccc4)cc(N)c3[nH]2)=N1. The second-order valence-electron chi connectivity index (χ2n) is 6.25. The fourth-order valence-corrected chi connectivity index (χ4v) is 4.02. The van der Waals surface area contributed by atoms with Gasteiger partial charge in [-0.25, -0.2) is 0 Å². The molecule has 1 aliphatic rings. The molecule has 2 heterocycles. The molecule has 1 atom stereocenters. The van der Waals surface area contributed by atoms with E-state index in [0.717, 1.165) is 33.1 Å². The Labute approximate surface area is 160 Å². The maximum Gasteiger partial charge on any atom is 0.307 e. The van der Waals surface area contributed by atoms with Crippen LogP contribution in [0.4, 0.5) is 5.69 Å². The number of thioether (sulfide) groups is 1. The average molecular weight is 381 g/mol. The van der Waals surface area contributed by atoms with Crippen molar-refractivity contribution in [1.82, 2.24) is 4.98 Å². The van der Waals surface area contributed by atoms with E-state index in [9.17, 15) is 4.79 Å². The van der Waals surface area contributed by atoms with Crippen LogP contribution in [0, 0.1) is 0 Å². The van der Waals surface area contributed by atoms with Gasteiger partial charge in [0.1, 0.15) is 16.5 Å². The molecular weight excluding hydrogens is 362 g/mol. The third-order valence-corrected chi connectivity index (χ3v) is 5.43. The van der Waals surface area contributed by atoms with Gasteiger partial charge in [0.05, 0.1) is 36.5 Å². The van der Waals surface area contributed by atoms with Gasteiger partial charge >= 0.3 is 5.97 Å². The topological polar surface area (TPSA) is 89.7 Å². The average Bonchev–Trinajstić information content (AvgIpc) is 3.29. The molecule has 1 aromatic heterocycles. The summed E-state index contributed by atoms with van der Waals surface area (Å²) in [5, 5.41) is 1.83. The van der Waals surface area contributed by atoms with Crippen LogP contribution < -0.4 is 10.5 Å². The third kappa shape index (κ3) is 3.78. The number of carbonyl (C=O) groups is 1. The Morgan fingerprint density at radius 3 is 2.85 bits per heavy atom. The fraction of sp³-hybridized carbons (Fsp3) is 0.200. The van der Waals surface area contributed by atoms with Crippen LogP contribution in [-0.4, -0.2) is 34.9 Å². The Balaban J connectivity index is 1.60. The van der Waals surface area contributed by atoms with Crippen molar-refractivity contribution in [3.63, 3.8) is 0 Å². The van der Waals surface area contributed by atoms with Crippen LogP contribution in [-0.2, 0) is 9.53 Å². The molecule has 0 amide bonds. The largest absolute Gasteiger partial charge is 0.469 e. The minimum absolute atomic E-state index is 0.0572. The normalized spacial score (nSPS) is 16.3. The number of methoxy groups -OCH3 is 1. The number of hydrogen-bond acceptors (Lipinski definition) is 6. The summed E-state index contributed by atoms with van der Waals surface area (Å²) in [6.07, 6.45) is 0.296. The molecule has 3 N–H and O–H groups in total. The van der Waals surface area contributed by atoms with E-state index in [1.54, 1.807) is 17.8 Å². The van der Waals surface area contributed by atoms with Crippen molar-refractivity contribution in [3.8, 4) is 11.5 Å². The molecule has 4 rings (SSSR count). The van der Waals surface area contributed by atoms with E-state index in [0.29, 0.717) is 17.9 Å². The van der Waals surface area contributed by atoms with Gasteiger partial charge in [0.25, 0.3) is 0 Å². The summed E-state index contributed by atoms with van der Waals surface area (Å²) < 4.78 is 10.6. The van der Waals surface area contributed by atoms with Crippen LogP contribution in [0.5, 0.6) is 11.5 Å². The number of nitrogens with zero attached hydrogens (tertiary/aromatic N) is 1. The zero-order chi connectivity index (χ0) is 18.8. The Morgan fingerprint density at radius 1 is 1.26 bits per heavy atom.